The molecule has 3 nitrogen and oxygen atoms in total. The van der Waals surface area contributed by atoms with Gasteiger partial charge in [0.05, 0.1) is 12.7 Å². The van der Waals surface area contributed by atoms with Crippen LogP contribution >= 0.6 is 0 Å². The molecule has 0 spiro atoms. The minimum Gasteiger partial charge on any atom is -0.396 e. The second-order valence-electron chi connectivity index (χ2n) is 5.27. The number of aliphatic hydroxyl groups excluding tert-OH is 1. The van der Waals surface area contributed by atoms with Gasteiger partial charge in [-0.15, -0.1) is 0 Å². The molecule has 1 heterocycles. The van der Waals surface area contributed by atoms with Crippen molar-refractivity contribution in [3.05, 3.63) is 0 Å². The molecule has 1 aliphatic rings. The zero-order valence-corrected chi connectivity index (χ0v) is 10.3. The van der Waals surface area contributed by atoms with Crippen molar-refractivity contribution in [3.63, 3.8) is 0 Å². The van der Waals surface area contributed by atoms with Crippen molar-refractivity contribution in [2.75, 3.05) is 32.8 Å². The number of hydrogen-bond acceptors (Lipinski definition) is 3. The SMILES string of the molecule is CC(C)OCCN1CCCC(C)(CO)C1. The van der Waals surface area contributed by atoms with E-state index in [1.807, 2.05) is 0 Å². The molecule has 90 valence electrons. The Hall–Kier alpha value is -0.120. The molecule has 1 N–H and O–H groups in total. The molecule has 0 saturated carbocycles. The van der Waals surface area contributed by atoms with E-state index < -0.39 is 0 Å². The van der Waals surface area contributed by atoms with Gasteiger partial charge in [-0.1, -0.05) is 6.92 Å². The number of nitrogens with zero attached hydrogens (tertiary/aromatic N) is 1. The van der Waals surface area contributed by atoms with Crippen LogP contribution in [0.15, 0.2) is 0 Å². The zero-order valence-electron chi connectivity index (χ0n) is 10.3. The van der Waals surface area contributed by atoms with Crippen LogP contribution in [-0.4, -0.2) is 49.0 Å². The molecular weight excluding hydrogens is 190 g/mol. The highest BCUT2D eigenvalue weighted by Crippen LogP contribution is 2.28. The summed E-state index contributed by atoms with van der Waals surface area (Å²) in [6.07, 6.45) is 2.66. The summed E-state index contributed by atoms with van der Waals surface area (Å²) in [7, 11) is 0. The highest BCUT2D eigenvalue weighted by Gasteiger charge is 2.29. The predicted octanol–water partition coefficient (Wildman–Crippen LogP) is 1.51. The normalized spacial score (nSPS) is 28.6. The lowest BCUT2D eigenvalue weighted by molar-refractivity contribution is 0.0148. The van der Waals surface area contributed by atoms with Crippen molar-refractivity contribution >= 4 is 0 Å². The maximum absolute atomic E-state index is 9.32. The average molecular weight is 215 g/mol. The fraction of sp³-hybridized carbons (Fsp3) is 1.00. The molecular formula is C12H25NO2. The second-order valence-corrected chi connectivity index (χ2v) is 5.27. The minimum atomic E-state index is 0.107. The first-order chi connectivity index (χ1) is 7.06. The molecule has 15 heavy (non-hydrogen) atoms. The molecule has 1 rings (SSSR count). The van der Waals surface area contributed by atoms with E-state index in [0.29, 0.717) is 12.7 Å². The van der Waals surface area contributed by atoms with Gasteiger partial charge in [0.15, 0.2) is 0 Å². The fourth-order valence-corrected chi connectivity index (χ4v) is 2.16. The molecule has 0 aromatic heterocycles. The van der Waals surface area contributed by atoms with E-state index in [2.05, 4.69) is 25.7 Å². The minimum absolute atomic E-state index is 0.107. The van der Waals surface area contributed by atoms with Crippen molar-refractivity contribution in [2.24, 2.45) is 5.41 Å². The fourth-order valence-electron chi connectivity index (χ4n) is 2.16. The zero-order chi connectivity index (χ0) is 11.3. The number of rotatable bonds is 5. The molecule has 0 radical (unpaired) electrons. The van der Waals surface area contributed by atoms with E-state index in [-0.39, 0.29) is 5.41 Å². The molecule has 1 fully saturated rings. The van der Waals surface area contributed by atoms with E-state index in [1.165, 1.54) is 6.42 Å². The number of aliphatic hydroxyl groups is 1. The summed E-state index contributed by atoms with van der Waals surface area (Å²) in [5.74, 6) is 0. The van der Waals surface area contributed by atoms with Crippen LogP contribution in [0.4, 0.5) is 0 Å². The van der Waals surface area contributed by atoms with E-state index >= 15 is 0 Å². The largest absolute Gasteiger partial charge is 0.396 e. The van der Waals surface area contributed by atoms with Gasteiger partial charge >= 0.3 is 0 Å². The van der Waals surface area contributed by atoms with Crippen LogP contribution in [0.1, 0.15) is 33.6 Å². The van der Waals surface area contributed by atoms with Crippen molar-refractivity contribution in [3.8, 4) is 0 Å². The number of hydrogen-bond donors (Lipinski definition) is 1. The first-order valence-corrected chi connectivity index (χ1v) is 6.00. The maximum atomic E-state index is 9.32. The topological polar surface area (TPSA) is 32.7 Å². The van der Waals surface area contributed by atoms with Gasteiger partial charge in [-0.3, -0.25) is 0 Å². The van der Waals surface area contributed by atoms with Crippen molar-refractivity contribution in [1.29, 1.82) is 0 Å². The van der Waals surface area contributed by atoms with Crippen LogP contribution in [0.25, 0.3) is 0 Å². The van der Waals surface area contributed by atoms with Crippen LogP contribution in [0.5, 0.6) is 0 Å². The Morgan fingerprint density at radius 2 is 2.20 bits per heavy atom. The molecule has 1 atom stereocenters. The summed E-state index contributed by atoms with van der Waals surface area (Å²) >= 11 is 0. The summed E-state index contributed by atoms with van der Waals surface area (Å²) < 4.78 is 5.54. The third-order valence-electron chi connectivity index (χ3n) is 3.10. The predicted molar refractivity (Wildman–Crippen MR) is 62.0 cm³/mol. The van der Waals surface area contributed by atoms with E-state index in [0.717, 1.165) is 32.7 Å². The number of likely N-dealkylation sites (tertiary alicyclic amines) is 1. The van der Waals surface area contributed by atoms with Gasteiger partial charge in [-0.25, -0.2) is 0 Å². The highest BCUT2D eigenvalue weighted by molar-refractivity contribution is 4.82. The second kappa shape index (κ2) is 5.83. The summed E-state index contributed by atoms with van der Waals surface area (Å²) in [5, 5.41) is 9.32. The summed E-state index contributed by atoms with van der Waals surface area (Å²) in [5.41, 5.74) is 0.107. The molecule has 0 amide bonds. The quantitative estimate of drug-likeness (QED) is 0.754. The lowest BCUT2D eigenvalue weighted by atomic mass is 9.83. The Balaban J connectivity index is 2.24. The van der Waals surface area contributed by atoms with Crippen LogP contribution < -0.4 is 0 Å². The molecule has 1 aliphatic heterocycles. The average Bonchev–Trinajstić information content (AvgIpc) is 2.17. The monoisotopic (exact) mass is 215 g/mol. The molecule has 0 bridgehead atoms. The van der Waals surface area contributed by atoms with E-state index in [1.54, 1.807) is 0 Å². The lowest BCUT2D eigenvalue weighted by Crippen LogP contribution is -2.44. The molecule has 0 aliphatic carbocycles. The van der Waals surface area contributed by atoms with Gasteiger partial charge in [0.25, 0.3) is 0 Å². The van der Waals surface area contributed by atoms with E-state index in [4.69, 9.17) is 4.74 Å². The maximum Gasteiger partial charge on any atom is 0.0596 e. The smallest absolute Gasteiger partial charge is 0.0596 e. The lowest BCUT2D eigenvalue weighted by Gasteiger charge is -2.39. The van der Waals surface area contributed by atoms with E-state index in [9.17, 15) is 5.11 Å². The van der Waals surface area contributed by atoms with Crippen LogP contribution in [0, 0.1) is 5.41 Å². The third-order valence-corrected chi connectivity index (χ3v) is 3.10. The van der Waals surface area contributed by atoms with Gasteiger partial charge in [0, 0.05) is 25.1 Å². The number of ether oxygens (including phenoxy) is 1. The summed E-state index contributed by atoms with van der Waals surface area (Å²) in [4.78, 5) is 2.40. The Bertz CT molecular complexity index is 184. The molecule has 0 aromatic rings. The first-order valence-electron chi connectivity index (χ1n) is 6.00. The Morgan fingerprint density at radius 3 is 2.80 bits per heavy atom. The van der Waals surface area contributed by atoms with Crippen LogP contribution in [0.3, 0.4) is 0 Å². The molecule has 3 heteroatoms. The van der Waals surface area contributed by atoms with Crippen molar-refractivity contribution in [1.82, 2.24) is 4.90 Å². The first kappa shape index (κ1) is 12.9. The van der Waals surface area contributed by atoms with Gasteiger partial charge in [-0.2, -0.15) is 0 Å². The van der Waals surface area contributed by atoms with Gasteiger partial charge in [0.2, 0.25) is 0 Å². The highest BCUT2D eigenvalue weighted by atomic mass is 16.5. The standard InChI is InChI=1S/C12H25NO2/c1-11(2)15-8-7-13-6-4-5-12(3,9-13)10-14/h11,14H,4-10H2,1-3H3. The third kappa shape index (κ3) is 4.49. The Labute approximate surface area is 93.4 Å². The summed E-state index contributed by atoms with van der Waals surface area (Å²) in [6, 6.07) is 0. The van der Waals surface area contributed by atoms with Crippen molar-refractivity contribution in [2.45, 2.75) is 39.7 Å². The van der Waals surface area contributed by atoms with Gasteiger partial charge < -0.3 is 14.7 Å². The van der Waals surface area contributed by atoms with Gasteiger partial charge in [-0.05, 0) is 33.2 Å². The molecule has 0 aromatic carbocycles. The Kier molecular flexibility index (Phi) is 5.03. The Morgan fingerprint density at radius 1 is 1.47 bits per heavy atom. The van der Waals surface area contributed by atoms with Crippen LogP contribution in [0.2, 0.25) is 0 Å². The summed E-state index contributed by atoms with van der Waals surface area (Å²) in [6.45, 7) is 10.5. The molecule has 1 unspecified atom stereocenters. The number of piperidine rings is 1. The van der Waals surface area contributed by atoms with Crippen LogP contribution in [-0.2, 0) is 4.74 Å². The van der Waals surface area contributed by atoms with Gasteiger partial charge in [0.1, 0.15) is 0 Å². The van der Waals surface area contributed by atoms with Crippen molar-refractivity contribution < 1.29 is 9.84 Å². The molecule has 1 saturated heterocycles.